The molecule has 0 unspecified atom stereocenters. The smallest absolute Gasteiger partial charge is 0.196 e. The molecule has 0 fully saturated rings. The highest BCUT2D eigenvalue weighted by atomic mass is 16.5. The predicted molar refractivity (Wildman–Crippen MR) is 92.0 cm³/mol. The minimum absolute atomic E-state index is 0.00916. The van der Waals surface area contributed by atoms with Gasteiger partial charge in [0.05, 0.1) is 18.1 Å². The van der Waals surface area contributed by atoms with Crippen molar-refractivity contribution < 1.29 is 9.15 Å². The summed E-state index contributed by atoms with van der Waals surface area (Å²) in [5.74, 6) is 1.31. The lowest BCUT2D eigenvalue weighted by atomic mass is 10.0. The van der Waals surface area contributed by atoms with Crippen LogP contribution in [0.1, 0.15) is 11.1 Å². The Hall–Kier alpha value is -2.59. The van der Waals surface area contributed by atoms with Crippen molar-refractivity contribution in [3.8, 4) is 17.1 Å². The third-order valence-electron chi connectivity index (χ3n) is 3.96. The zero-order valence-corrected chi connectivity index (χ0v) is 13.5. The molecule has 0 aliphatic rings. The summed E-state index contributed by atoms with van der Waals surface area (Å²) >= 11 is 0. The van der Waals surface area contributed by atoms with Crippen LogP contribution in [-0.2, 0) is 6.54 Å². The summed E-state index contributed by atoms with van der Waals surface area (Å²) in [5, 5.41) is 3.68. The molecule has 2 aromatic carbocycles. The molecular weight excluding hydrogens is 290 g/mol. The number of rotatable bonds is 4. The molecule has 0 aliphatic heterocycles. The van der Waals surface area contributed by atoms with E-state index in [4.69, 9.17) is 9.15 Å². The van der Waals surface area contributed by atoms with Crippen LogP contribution in [0.2, 0.25) is 0 Å². The van der Waals surface area contributed by atoms with Crippen molar-refractivity contribution in [2.45, 2.75) is 13.5 Å². The molecule has 3 rings (SSSR count). The molecule has 0 bridgehead atoms. The van der Waals surface area contributed by atoms with Crippen LogP contribution in [0.15, 0.2) is 51.7 Å². The fourth-order valence-corrected chi connectivity index (χ4v) is 2.79. The second-order valence-electron chi connectivity index (χ2n) is 5.40. The van der Waals surface area contributed by atoms with Crippen LogP contribution >= 0.6 is 0 Å². The van der Waals surface area contributed by atoms with Crippen LogP contribution < -0.4 is 15.5 Å². The summed E-state index contributed by atoms with van der Waals surface area (Å²) in [6, 6.07) is 13.3. The maximum absolute atomic E-state index is 12.8. The summed E-state index contributed by atoms with van der Waals surface area (Å²) in [5.41, 5.74) is 2.92. The zero-order chi connectivity index (χ0) is 16.4. The largest absolute Gasteiger partial charge is 0.496 e. The second kappa shape index (κ2) is 6.26. The van der Waals surface area contributed by atoms with E-state index in [0.29, 0.717) is 34.6 Å². The van der Waals surface area contributed by atoms with Crippen molar-refractivity contribution in [1.82, 2.24) is 5.32 Å². The fraction of sp³-hybridized carbons (Fsp3) is 0.211. The molecule has 1 heterocycles. The predicted octanol–water partition coefficient (Wildman–Crippen LogP) is 3.50. The van der Waals surface area contributed by atoms with Crippen LogP contribution in [0.25, 0.3) is 22.3 Å². The topological polar surface area (TPSA) is 51.5 Å². The van der Waals surface area contributed by atoms with Gasteiger partial charge in [-0.1, -0.05) is 30.3 Å². The number of hydrogen-bond donors (Lipinski definition) is 1. The summed E-state index contributed by atoms with van der Waals surface area (Å²) < 4.78 is 11.6. The average molecular weight is 309 g/mol. The summed E-state index contributed by atoms with van der Waals surface area (Å²) in [4.78, 5) is 12.8. The first-order valence-electron chi connectivity index (χ1n) is 7.50. The highest BCUT2D eigenvalue weighted by Crippen LogP contribution is 2.31. The number of ether oxygens (including phenoxy) is 1. The van der Waals surface area contributed by atoms with Gasteiger partial charge in [0, 0.05) is 17.7 Å². The Bertz CT molecular complexity index is 898. The molecule has 0 spiro atoms. The van der Waals surface area contributed by atoms with Gasteiger partial charge in [0.15, 0.2) is 5.43 Å². The SMILES string of the molecule is CNCc1c(OC)ccc2c(=O)c(C)c(-c3ccccc3)oc12. The van der Waals surface area contributed by atoms with Gasteiger partial charge in [0.2, 0.25) is 0 Å². The van der Waals surface area contributed by atoms with Crippen molar-refractivity contribution in [2.24, 2.45) is 0 Å². The summed E-state index contributed by atoms with van der Waals surface area (Å²) in [6.07, 6.45) is 0. The van der Waals surface area contributed by atoms with E-state index in [1.54, 1.807) is 20.1 Å². The summed E-state index contributed by atoms with van der Waals surface area (Å²) in [6.45, 7) is 2.36. The minimum Gasteiger partial charge on any atom is -0.496 e. The van der Waals surface area contributed by atoms with E-state index in [1.165, 1.54) is 0 Å². The number of hydrogen-bond acceptors (Lipinski definition) is 4. The van der Waals surface area contributed by atoms with Gasteiger partial charge in [-0.25, -0.2) is 0 Å². The molecule has 0 atom stereocenters. The third-order valence-corrected chi connectivity index (χ3v) is 3.96. The standard InChI is InChI=1S/C19H19NO3/c1-12-17(21)14-9-10-16(22-3)15(11-20-2)19(14)23-18(12)13-7-5-4-6-8-13/h4-10,20H,11H2,1-3H3. The van der Waals surface area contributed by atoms with Crippen LogP contribution in [-0.4, -0.2) is 14.2 Å². The molecule has 4 heteroatoms. The first-order valence-corrected chi connectivity index (χ1v) is 7.50. The molecule has 1 aromatic heterocycles. The number of nitrogens with one attached hydrogen (secondary N) is 1. The second-order valence-corrected chi connectivity index (χ2v) is 5.40. The van der Waals surface area contributed by atoms with Crippen LogP contribution in [0.4, 0.5) is 0 Å². The molecule has 1 N–H and O–H groups in total. The monoisotopic (exact) mass is 309 g/mol. The first-order chi connectivity index (χ1) is 11.2. The van der Waals surface area contributed by atoms with E-state index in [1.807, 2.05) is 43.4 Å². The van der Waals surface area contributed by atoms with Crippen molar-refractivity contribution in [2.75, 3.05) is 14.2 Å². The number of fused-ring (bicyclic) bond motifs is 1. The number of methoxy groups -OCH3 is 1. The van der Waals surface area contributed by atoms with Crippen molar-refractivity contribution in [1.29, 1.82) is 0 Å². The Morgan fingerprint density at radius 3 is 2.52 bits per heavy atom. The van der Waals surface area contributed by atoms with E-state index in [9.17, 15) is 4.79 Å². The maximum atomic E-state index is 12.8. The molecule has 0 saturated carbocycles. The van der Waals surface area contributed by atoms with E-state index >= 15 is 0 Å². The molecule has 0 amide bonds. The van der Waals surface area contributed by atoms with E-state index < -0.39 is 0 Å². The lowest BCUT2D eigenvalue weighted by molar-refractivity contribution is 0.408. The lowest BCUT2D eigenvalue weighted by Gasteiger charge is -2.13. The number of benzene rings is 2. The van der Waals surface area contributed by atoms with Crippen molar-refractivity contribution in [3.05, 3.63) is 63.8 Å². The Morgan fingerprint density at radius 1 is 1.13 bits per heavy atom. The van der Waals surface area contributed by atoms with Gasteiger partial charge in [-0.15, -0.1) is 0 Å². The van der Waals surface area contributed by atoms with Gasteiger partial charge in [-0.2, -0.15) is 0 Å². The maximum Gasteiger partial charge on any atom is 0.196 e. The van der Waals surface area contributed by atoms with Gasteiger partial charge in [-0.05, 0) is 26.1 Å². The molecule has 0 radical (unpaired) electrons. The normalized spacial score (nSPS) is 10.9. The van der Waals surface area contributed by atoms with Gasteiger partial charge in [0.25, 0.3) is 0 Å². The van der Waals surface area contributed by atoms with Crippen LogP contribution in [0.3, 0.4) is 0 Å². The molecule has 4 nitrogen and oxygen atoms in total. The molecule has 23 heavy (non-hydrogen) atoms. The molecule has 0 aliphatic carbocycles. The van der Waals surface area contributed by atoms with Crippen molar-refractivity contribution in [3.63, 3.8) is 0 Å². The fourth-order valence-electron chi connectivity index (χ4n) is 2.79. The first kappa shape index (κ1) is 15.3. The molecule has 0 saturated heterocycles. The van der Waals surface area contributed by atoms with Gasteiger partial charge < -0.3 is 14.5 Å². The highest BCUT2D eigenvalue weighted by Gasteiger charge is 2.17. The van der Waals surface area contributed by atoms with Crippen molar-refractivity contribution >= 4 is 11.0 Å². The Morgan fingerprint density at radius 2 is 1.87 bits per heavy atom. The van der Waals surface area contributed by atoms with E-state index in [-0.39, 0.29) is 5.43 Å². The minimum atomic E-state index is -0.00916. The quantitative estimate of drug-likeness (QED) is 0.801. The third kappa shape index (κ3) is 2.62. The molecular formula is C19H19NO3. The van der Waals surface area contributed by atoms with Gasteiger partial charge >= 0.3 is 0 Å². The Balaban J connectivity index is 2.38. The van der Waals surface area contributed by atoms with Crippen LogP contribution in [0.5, 0.6) is 5.75 Å². The highest BCUT2D eigenvalue weighted by molar-refractivity contribution is 5.85. The molecule has 118 valence electrons. The van der Waals surface area contributed by atoms with Gasteiger partial charge in [-0.3, -0.25) is 4.79 Å². The van der Waals surface area contributed by atoms with Crippen LogP contribution in [0, 0.1) is 6.92 Å². The Labute approximate surface area is 134 Å². The summed E-state index contributed by atoms with van der Waals surface area (Å²) in [7, 11) is 3.47. The van der Waals surface area contributed by atoms with Gasteiger partial charge in [0.1, 0.15) is 17.1 Å². The average Bonchev–Trinajstić information content (AvgIpc) is 2.59. The molecule has 3 aromatic rings. The lowest BCUT2D eigenvalue weighted by Crippen LogP contribution is -2.12. The zero-order valence-electron chi connectivity index (χ0n) is 13.5. The van der Waals surface area contributed by atoms with E-state index in [2.05, 4.69) is 5.32 Å². The van der Waals surface area contributed by atoms with E-state index in [0.717, 1.165) is 11.1 Å². The Kier molecular flexibility index (Phi) is 4.17.